The predicted octanol–water partition coefficient (Wildman–Crippen LogP) is 2.56. The van der Waals surface area contributed by atoms with E-state index in [1.165, 1.54) is 29.7 Å². The standard InChI is InChI=1S/C16H12N4O2S2/c17-9-12-3-1-2-4-15(12)24(21,22)20-10-14-16(19-7-6-18-14)13-5-8-23-11-13/h1-8,11,20H,10H2. The molecule has 0 bridgehead atoms. The Labute approximate surface area is 143 Å². The average Bonchev–Trinajstić information content (AvgIpc) is 3.15. The first kappa shape index (κ1) is 16.3. The second-order valence-corrected chi connectivity index (χ2v) is 7.31. The number of nitriles is 1. The monoisotopic (exact) mass is 356 g/mol. The molecule has 2 aromatic heterocycles. The van der Waals surface area contributed by atoms with Gasteiger partial charge in [0.15, 0.2) is 0 Å². The van der Waals surface area contributed by atoms with Crippen LogP contribution in [0.25, 0.3) is 11.3 Å². The van der Waals surface area contributed by atoms with Gasteiger partial charge in [-0.15, -0.1) is 0 Å². The second-order valence-electron chi connectivity index (χ2n) is 4.80. The van der Waals surface area contributed by atoms with Gasteiger partial charge in [0.25, 0.3) is 0 Å². The van der Waals surface area contributed by atoms with Crippen molar-refractivity contribution in [2.45, 2.75) is 11.4 Å². The Balaban J connectivity index is 1.88. The molecule has 0 radical (unpaired) electrons. The summed E-state index contributed by atoms with van der Waals surface area (Å²) in [7, 11) is -3.82. The lowest BCUT2D eigenvalue weighted by atomic mass is 10.2. The average molecular weight is 356 g/mol. The van der Waals surface area contributed by atoms with E-state index in [2.05, 4.69) is 14.7 Å². The largest absolute Gasteiger partial charge is 0.256 e. The smallest absolute Gasteiger partial charge is 0.242 e. The van der Waals surface area contributed by atoms with Crippen LogP contribution in [-0.2, 0) is 16.6 Å². The van der Waals surface area contributed by atoms with Crippen molar-refractivity contribution in [1.29, 1.82) is 5.26 Å². The summed E-state index contributed by atoms with van der Waals surface area (Å²) in [5.41, 5.74) is 2.14. The highest BCUT2D eigenvalue weighted by atomic mass is 32.2. The highest BCUT2D eigenvalue weighted by Gasteiger charge is 2.19. The zero-order valence-electron chi connectivity index (χ0n) is 12.4. The number of hydrogen-bond acceptors (Lipinski definition) is 6. The van der Waals surface area contributed by atoms with E-state index >= 15 is 0 Å². The topological polar surface area (TPSA) is 95.7 Å². The van der Waals surface area contributed by atoms with Gasteiger partial charge in [0.2, 0.25) is 10.0 Å². The van der Waals surface area contributed by atoms with Crippen LogP contribution in [0.3, 0.4) is 0 Å². The molecule has 0 spiro atoms. The number of sulfonamides is 1. The molecule has 6 nitrogen and oxygen atoms in total. The molecule has 3 rings (SSSR count). The highest BCUT2D eigenvalue weighted by molar-refractivity contribution is 7.89. The molecule has 3 aromatic rings. The zero-order chi connectivity index (χ0) is 17.0. The van der Waals surface area contributed by atoms with Crippen molar-refractivity contribution in [3.63, 3.8) is 0 Å². The Morgan fingerprint density at radius 2 is 1.96 bits per heavy atom. The lowest BCUT2D eigenvalue weighted by Gasteiger charge is -2.09. The zero-order valence-corrected chi connectivity index (χ0v) is 14.0. The highest BCUT2D eigenvalue weighted by Crippen LogP contribution is 2.22. The quantitative estimate of drug-likeness (QED) is 0.758. The lowest BCUT2D eigenvalue weighted by Crippen LogP contribution is -2.25. The molecule has 8 heteroatoms. The van der Waals surface area contributed by atoms with Crippen molar-refractivity contribution in [3.05, 3.63) is 64.7 Å². The molecule has 0 saturated heterocycles. The number of rotatable bonds is 5. The number of nitrogens with zero attached hydrogens (tertiary/aromatic N) is 3. The number of hydrogen-bond donors (Lipinski definition) is 1. The first-order valence-electron chi connectivity index (χ1n) is 6.93. The maximum absolute atomic E-state index is 12.5. The van der Waals surface area contributed by atoms with Gasteiger partial charge >= 0.3 is 0 Å². The minimum absolute atomic E-state index is 0.0128. The van der Waals surface area contributed by atoms with E-state index in [-0.39, 0.29) is 17.0 Å². The molecule has 2 heterocycles. The minimum Gasteiger partial charge on any atom is -0.256 e. The van der Waals surface area contributed by atoms with Crippen LogP contribution in [0, 0.1) is 11.3 Å². The number of aromatic nitrogens is 2. The SMILES string of the molecule is N#Cc1ccccc1S(=O)(=O)NCc1nccnc1-c1ccsc1. The van der Waals surface area contributed by atoms with E-state index in [1.807, 2.05) is 22.9 Å². The summed E-state index contributed by atoms with van der Waals surface area (Å²) >= 11 is 1.53. The predicted molar refractivity (Wildman–Crippen MR) is 90.5 cm³/mol. The summed E-state index contributed by atoms with van der Waals surface area (Å²) in [6, 6.07) is 9.85. The van der Waals surface area contributed by atoms with Crippen LogP contribution in [-0.4, -0.2) is 18.4 Å². The molecule has 0 aliphatic heterocycles. The summed E-state index contributed by atoms with van der Waals surface area (Å²) in [5.74, 6) is 0. The van der Waals surface area contributed by atoms with Gasteiger partial charge in [-0.05, 0) is 23.6 Å². The summed E-state index contributed by atoms with van der Waals surface area (Å²) in [4.78, 5) is 8.46. The third kappa shape index (κ3) is 3.33. The third-order valence-corrected chi connectivity index (χ3v) is 5.44. The molecule has 0 aliphatic carbocycles. The summed E-state index contributed by atoms with van der Waals surface area (Å²) < 4.78 is 27.4. The van der Waals surface area contributed by atoms with Gasteiger partial charge in [-0.2, -0.15) is 16.6 Å². The molecule has 1 N–H and O–H groups in total. The van der Waals surface area contributed by atoms with Gasteiger partial charge < -0.3 is 0 Å². The first-order chi connectivity index (χ1) is 11.6. The van der Waals surface area contributed by atoms with E-state index in [0.29, 0.717) is 11.4 Å². The maximum Gasteiger partial charge on any atom is 0.242 e. The number of benzene rings is 1. The fourth-order valence-electron chi connectivity index (χ4n) is 2.17. The van der Waals surface area contributed by atoms with E-state index in [0.717, 1.165) is 5.56 Å². The summed E-state index contributed by atoms with van der Waals surface area (Å²) in [5, 5.41) is 12.9. The van der Waals surface area contributed by atoms with Crippen LogP contribution < -0.4 is 4.72 Å². The Kier molecular flexibility index (Phi) is 4.66. The van der Waals surface area contributed by atoms with Gasteiger partial charge in [0.1, 0.15) is 6.07 Å². The molecule has 0 aliphatic rings. The van der Waals surface area contributed by atoms with Crippen molar-refractivity contribution in [2.75, 3.05) is 0 Å². The molecule has 0 atom stereocenters. The second kappa shape index (κ2) is 6.88. The summed E-state index contributed by atoms with van der Waals surface area (Å²) in [6.07, 6.45) is 3.08. The fraction of sp³-hybridized carbons (Fsp3) is 0.0625. The van der Waals surface area contributed by atoms with Crippen LogP contribution in [0.2, 0.25) is 0 Å². The minimum atomic E-state index is -3.82. The van der Waals surface area contributed by atoms with Crippen LogP contribution in [0.1, 0.15) is 11.3 Å². The Hall–Kier alpha value is -2.60. The maximum atomic E-state index is 12.5. The lowest BCUT2D eigenvalue weighted by molar-refractivity contribution is 0.580. The van der Waals surface area contributed by atoms with Crippen LogP contribution in [0.15, 0.2) is 58.4 Å². The molecule has 0 unspecified atom stereocenters. The van der Waals surface area contributed by atoms with Crippen molar-refractivity contribution in [1.82, 2.24) is 14.7 Å². The first-order valence-corrected chi connectivity index (χ1v) is 9.35. The van der Waals surface area contributed by atoms with Crippen LogP contribution in [0.5, 0.6) is 0 Å². The van der Waals surface area contributed by atoms with E-state index in [1.54, 1.807) is 18.3 Å². The van der Waals surface area contributed by atoms with Crippen molar-refractivity contribution in [3.8, 4) is 17.3 Å². The normalized spacial score (nSPS) is 11.1. The van der Waals surface area contributed by atoms with E-state index in [9.17, 15) is 8.42 Å². The van der Waals surface area contributed by atoms with E-state index < -0.39 is 10.0 Å². The fourth-order valence-corrected chi connectivity index (χ4v) is 3.95. The number of thiophene rings is 1. The Morgan fingerprint density at radius 3 is 2.71 bits per heavy atom. The van der Waals surface area contributed by atoms with Gasteiger partial charge in [-0.3, -0.25) is 9.97 Å². The van der Waals surface area contributed by atoms with Crippen molar-refractivity contribution >= 4 is 21.4 Å². The third-order valence-electron chi connectivity index (χ3n) is 3.30. The molecule has 24 heavy (non-hydrogen) atoms. The van der Waals surface area contributed by atoms with Gasteiger partial charge in [-0.1, -0.05) is 12.1 Å². The molecule has 0 saturated carbocycles. The molecular formula is C16H12N4O2S2. The van der Waals surface area contributed by atoms with Crippen molar-refractivity contribution < 1.29 is 8.42 Å². The van der Waals surface area contributed by atoms with Crippen LogP contribution >= 0.6 is 11.3 Å². The van der Waals surface area contributed by atoms with Crippen LogP contribution in [0.4, 0.5) is 0 Å². The summed E-state index contributed by atoms with van der Waals surface area (Å²) in [6.45, 7) is -0.0128. The molecule has 120 valence electrons. The van der Waals surface area contributed by atoms with E-state index in [4.69, 9.17) is 5.26 Å². The molecule has 1 aromatic carbocycles. The molecule has 0 amide bonds. The van der Waals surface area contributed by atoms with Crippen molar-refractivity contribution in [2.24, 2.45) is 0 Å². The molecular weight excluding hydrogens is 344 g/mol. The number of nitrogens with one attached hydrogen (secondary N) is 1. The van der Waals surface area contributed by atoms with Gasteiger partial charge in [0, 0.05) is 23.3 Å². The van der Waals surface area contributed by atoms with Gasteiger partial charge in [0.05, 0.1) is 28.4 Å². The Morgan fingerprint density at radius 1 is 1.17 bits per heavy atom. The van der Waals surface area contributed by atoms with Gasteiger partial charge in [-0.25, -0.2) is 13.1 Å². The Bertz CT molecular complexity index is 993. The molecule has 0 fully saturated rings.